The van der Waals surface area contributed by atoms with E-state index in [9.17, 15) is 0 Å². The van der Waals surface area contributed by atoms with Crippen LogP contribution < -0.4 is 5.32 Å². The van der Waals surface area contributed by atoms with Crippen LogP contribution in [0, 0.1) is 0 Å². The lowest BCUT2D eigenvalue weighted by molar-refractivity contribution is 0.332. The minimum atomic E-state index is 0.106. The number of rotatable bonds is 4. The van der Waals surface area contributed by atoms with Crippen LogP contribution in [0.25, 0.3) is 0 Å². The predicted octanol–water partition coefficient (Wildman–Crippen LogP) is 4.16. The van der Waals surface area contributed by atoms with Crippen molar-refractivity contribution >= 4 is 23.1 Å². The normalized spacial score (nSPS) is 27.9. The minimum Gasteiger partial charge on any atom is -0.304 e. The van der Waals surface area contributed by atoms with E-state index in [1.54, 1.807) is 0 Å². The molecule has 19 heavy (non-hydrogen) atoms. The van der Waals surface area contributed by atoms with Gasteiger partial charge in [0.15, 0.2) is 0 Å². The Labute approximate surface area is 125 Å². The van der Waals surface area contributed by atoms with Crippen molar-refractivity contribution < 1.29 is 0 Å². The monoisotopic (exact) mass is 298 g/mol. The average molecular weight is 299 g/mol. The summed E-state index contributed by atoms with van der Waals surface area (Å²) in [5.41, 5.74) is 1.49. The molecule has 1 aromatic rings. The molecule has 1 saturated heterocycles. The van der Waals surface area contributed by atoms with Gasteiger partial charge in [0.25, 0.3) is 0 Å². The van der Waals surface area contributed by atoms with E-state index in [1.807, 2.05) is 11.3 Å². The van der Waals surface area contributed by atoms with Crippen LogP contribution in [0.2, 0.25) is 0 Å². The van der Waals surface area contributed by atoms with Crippen LogP contribution in [-0.2, 0) is 11.0 Å². The van der Waals surface area contributed by atoms with E-state index in [4.69, 9.17) is 4.98 Å². The van der Waals surface area contributed by atoms with E-state index >= 15 is 0 Å². The Morgan fingerprint density at radius 3 is 2.68 bits per heavy atom. The van der Waals surface area contributed by atoms with Gasteiger partial charge in [-0.1, -0.05) is 34.6 Å². The van der Waals surface area contributed by atoms with Crippen LogP contribution in [0.15, 0.2) is 5.38 Å². The largest absolute Gasteiger partial charge is 0.304 e. The molecule has 2 heterocycles. The van der Waals surface area contributed by atoms with Gasteiger partial charge in [-0.3, -0.25) is 0 Å². The molecule has 0 amide bonds. The van der Waals surface area contributed by atoms with Gasteiger partial charge in [0.2, 0.25) is 0 Å². The highest BCUT2D eigenvalue weighted by Crippen LogP contribution is 2.44. The average Bonchev–Trinajstić information content (AvgIpc) is 2.93. The van der Waals surface area contributed by atoms with Crippen LogP contribution in [-0.4, -0.2) is 22.5 Å². The number of aromatic nitrogens is 1. The molecular formula is C15H26N2S2. The van der Waals surface area contributed by atoms with Crippen LogP contribution in [0.1, 0.15) is 58.2 Å². The van der Waals surface area contributed by atoms with Crippen molar-refractivity contribution in [3.8, 4) is 0 Å². The Kier molecular flexibility index (Phi) is 4.63. The van der Waals surface area contributed by atoms with Crippen molar-refractivity contribution in [2.75, 3.05) is 12.3 Å². The van der Waals surface area contributed by atoms with Gasteiger partial charge in [-0.25, -0.2) is 4.98 Å². The Bertz CT molecular complexity index is 422. The van der Waals surface area contributed by atoms with Gasteiger partial charge in [0.05, 0.1) is 11.2 Å². The fourth-order valence-corrected chi connectivity index (χ4v) is 5.31. The molecule has 1 aliphatic rings. The van der Waals surface area contributed by atoms with Gasteiger partial charge in [-0.15, -0.1) is 11.3 Å². The first-order chi connectivity index (χ1) is 8.90. The number of hydrogen-bond donors (Lipinski definition) is 1. The summed E-state index contributed by atoms with van der Waals surface area (Å²) in [6.45, 7) is 12.4. The lowest BCUT2D eigenvalue weighted by atomic mass is 9.91. The molecule has 0 aliphatic carbocycles. The predicted molar refractivity (Wildman–Crippen MR) is 87.3 cm³/mol. The van der Waals surface area contributed by atoms with Crippen molar-refractivity contribution in [2.45, 2.75) is 63.7 Å². The maximum Gasteiger partial charge on any atom is 0.114 e. The van der Waals surface area contributed by atoms with E-state index in [1.165, 1.54) is 29.3 Å². The summed E-state index contributed by atoms with van der Waals surface area (Å²) in [4.78, 5) is 4.98. The van der Waals surface area contributed by atoms with Gasteiger partial charge < -0.3 is 5.32 Å². The fraction of sp³-hybridized carbons (Fsp3) is 0.800. The summed E-state index contributed by atoms with van der Waals surface area (Å²) in [6.07, 6.45) is 2.38. The van der Waals surface area contributed by atoms with Crippen molar-refractivity contribution in [3.63, 3.8) is 0 Å². The molecule has 1 aromatic heterocycles. The molecule has 2 rings (SSSR count). The first-order valence-electron chi connectivity index (χ1n) is 7.23. The molecule has 108 valence electrons. The molecule has 2 nitrogen and oxygen atoms in total. The maximum absolute atomic E-state index is 4.98. The molecule has 4 heteroatoms. The lowest BCUT2D eigenvalue weighted by Crippen LogP contribution is -2.47. The van der Waals surface area contributed by atoms with E-state index < -0.39 is 0 Å². The molecular weight excluding hydrogens is 272 g/mol. The summed E-state index contributed by atoms with van der Waals surface area (Å²) in [6, 6.07) is 0. The molecule has 2 atom stereocenters. The number of nitrogens with zero attached hydrogens (tertiary/aromatic N) is 1. The van der Waals surface area contributed by atoms with Crippen LogP contribution in [0.4, 0.5) is 0 Å². The van der Waals surface area contributed by atoms with E-state index in [-0.39, 0.29) is 11.0 Å². The van der Waals surface area contributed by atoms with Crippen LogP contribution in [0.3, 0.4) is 0 Å². The van der Waals surface area contributed by atoms with Crippen molar-refractivity contribution in [3.05, 3.63) is 16.1 Å². The Morgan fingerprint density at radius 2 is 2.21 bits per heavy atom. The van der Waals surface area contributed by atoms with Crippen molar-refractivity contribution in [1.29, 1.82) is 0 Å². The van der Waals surface area contributed by atoms with Crippen molar-refractivity contribution in [1.82, 2.24) is 10.3 Å². The molecule has 2 unspecified atom stereocenters. The lowest BCUT2D eigenvalue weighted by Gasteiger charge is -2.32. The third kappa shape index (κ3) is 3.01. The molecule has 0 aromatic carbocycles. The highest BCUT2D eigenvalue weighted by atomic mass is 32.2. The first kappa shape index (κ1) is 15.3. The van der Waals surface area contributed by atoms with Gasteiger partial charge in [0, 0.05) is 16.0 Å². The van der Waals surface area contributed by atoms with Gasteiger partial charge >= 0.3 is 0 Å². The second kappa shape index (κ2) is 5.74. The molecule has 0 saturated carbocycles. The highest BCUT2D eigenvalue weighted by Gasteiger charge is 2.44. The highest BCUT2D eigenvalue weighted by molar-refractivity contribution is 8.00. The summed E-state index contributed by atoms with van der Waals surface area (Å²) in [7, 11) is 0. The zero-order valence-corrected chi connectivity index (χ0v) is 14.4. The zero-order valence-electron chi connectivity index (χ0n) is 12.7. The van der Waals surface area contributed by atoms with E-state index in [2.05, 4.69) is 57.1 Å². The summed E-state index contributed by atoms with van der Waals surface area (Å²) < 4.78 is 0. The van der Waals surface area contributed by atoms with Crippen molar-refractivity contribution in [2.24, 2.45) is 0 Å². The van der Waals surface area contributed by atoms with E-state index in [0.717, 1.165) is 6.54 Å². The molecule has 1 N–H and O–H groups in total. The topological polar surface area (TPSA) is 24.9 Å². The first-order valence-corrected chi connectivity index (χ1v) is 9.16. The molecule has 0 spiro atoms. The molecule has 1 fully saturated rings. The Balaban J connectivity index is 2.31. The SMILES string of the molecule is CCCNC1(c2nc(C(C)(C)C)cs2)CCSC1C. The molecule has 0 bridgehead atoms. The Morgan fingerprint density at radius 1 is 1.47 bits per heavy atom. The minimum absolute atomic E-state index is 0.106. The van der Waals surface area contributed by atoms with Crippen LogP contribution in [0.5, 0.6) is 0 Å². The smallest absolute Gasteiger partial charge is 0.114 e. The second-order valence-corrected chi connectivity index (χ2v) is 8.76. The third-order valence-corrected chi connectivity index (χ3v) is 6.27. The second-order valence-electron chi connectivity index (χ2n) is 6.45. The van der Waals surface area contributed by atoms with Gasteiger partial charge in [0.1, 0.15) is 5.01 Å². The van der Waals surface area contributed by atoms with Gasteiger partial charge in [-0.2, -0.15) is 11.8 Å². The number of hydrogen-bond acceptors (Lipinski definition) is 4. The zero-order chi connectivity index (χ0) is 14.1. The number of thiazole rings is 1. The Hall–Kier alpha value is -0.0600. The number of nitrogens with one attached hydrogen (secondary N) is 1. The summed E-state index contributed by atoms with van der Waals surface area (Å²) in [5, 5.41) is 7.96. The van der Waals surface area contributed by atoms with E-state index in [0.29, 0.717) is 5.25 Å². The third-order valence-electron chi connectivity index (χ3n) is 3.90. The summed E-state index contributed by atoms with van der Waals surface area (Å²) >= 11 is 3.91. The fourth-order valence-electron chi connectivity index (χ4n) is 2.50. The number of thioether (sulfide) groups is 1. The maximum atomic E-state index is 4.98. The molecule has 1 aliphatic heterocycles. The summed E-state index contributed by atoms with van der Waals surface area (Å²) in [5.74, 6) is 1.24. The molecule has 0 radical (unpaired) electrons. The van der Waals surface area contributed by atoms with Gasteiger partial charge in [-0.05, 0) is 25.1 Å². The van der Waals surface area contributed by atoms with Crippen LogP contribution >= 0.6 is 23.1 Å². The quantitative estimate of drug-likeness (QED) is 0.903. The standard InChI is InChI=1S/C15H26N2S2/c1-6-8-16-15(7-9-18-11(15)2)13-17-12(10-19-13)14(3,4)5/h10-11,16H,6-9H2,1-5H3.